The first kappa shape index (κ1) is 15.8. The van der Waals surface area contributed by atoms with E-state index in [0.717, 1.165) is 5.82 Å². The monoisotopic (exact) mass is 314 g/mol. The second-order valence-electron chi connectivity index (χ2n) is 6.02. The molecule has 1 aromatic heterocycles. The maximum atomic E-state index is 6.57. The van der Waals surface area contributed by atoms with Crippen LogP contribution in [0.4, 0.5) is 0 Å². The molecule has 0 atom stereocenters. The standard InChI is InChI=1S/C16H22N2OSi2/c1-20(2,14-11-16-17-12-8-13-18-16)19-21(3,4)15-9-6-5-7-10-15/h5-14H,1-4H3/b14-11+. The topological polar surface area (TPSA) is 35.0 Å². The average molecular weight is 315 g/mol. The van der Waals surface area contributed by atoms with Crippen LogP contribution in [-0.4, -0.2) is 26.6 Å². The minimum absolute atomic E-state index is 0.737. The summed E-state index contributed by atoms with van der Waals surface area (Å²) in [5, 5.41) is 1.33. The average Bonchev–Trinajstić information content (AvgIpc) is 2.46. The van der Waals surface area contributed by atoms with Crippen LogP contribution in [-0.2, 0) is 4.12 Å². The van der Waals surface area contributed by atoms with Gasteiger partial charge in [0.15, 0.2) is 14.1 Å². The van der Waals surface area contributed by atoms with E-state index in [0.29, 0.717) is 0 Å². The summed E-state index contributed by atoms with van der Waals surface area (Å²) >= 11 is 0. The van der Waals surface area contributed by atoms with Gasteiger partial charge in [-0.25, -0.2) is 9.97 Å². The molecule has 21 heavy (non-hydrogen) atoms. The molecule has 1 aromatic carbocycles. The van der Waals surface area contributed by atoms with Crippen molar-refractivity contribution in [2.45, 2.75) is 26.2 Å². The van der Waals surface area contributed by atoms with Gasteiger partial charge in [-0.05, 0) is 43.5 Å². The lowest BCUT2D eigenvalue weighted by atomic mass is 10.4. The van der Waals surface area contributed by atoms with E-state index in [-0.39, 0.29) is 0 Å². The smallest absolute Gasteiger partial charge is 0.206 e. The summed E-state index contributed by atoms with van der Waals surface area (Å²) in [5.41, 5.74) is 2.17. The van der Waals surface area contributed by atoms with Gasteiger partial charge in [0.05, 0.1) is 0 Å². The highest BCUT2D eigenvalue weighted by molar-refractivity contribution is 6.93. The van der Waals surface area contributed by atoms with E-state index in [1.807, 2.05) is 18.2 Å². The molecule has 0 aliphatic carbocycles. The fourth-order valence-electron chi connectivity index (χ4n) is 2.26. The van der Waals surface area contributed by atoms with Crippen molar-refractivity contribution in [1.29, 1.82) is 0 Å². The molecule has 0 amide bonds. The Morgan fingerprint density at radius 1 is 0.905 bits per heavy atom. The Hall–Kier alpha value is -1.57. The number of benzene rings is 1. The van der Waals surface area contributed by atoms with Crippen molar-refractivity contribution < 1.29 is 4.12 Å². The normalized spacial score (nSPS) is 12.8. The van der Waals surface area contributed by atoms with Gasteiger partial charge in [-0.1, -0.05) is 36.0 Å². The lowest BCUT2D eigenvalue weighted by Crippen LogP contribution is -2.51. The number of aromatic nitrogens is 2. The highest BCUT2D eigenvalue weighted by atomic mass is 28.4. The van der Waals surface area contributed by atoms with Crippen LogP contribution in [0.25, 0.3) is 6.08 Å². The summed E-state index contributed by atoms with van der Waals surface area (Å²) in [6, 6.07) is 12.4. The van der Waals surface area contributed by atoms with Crippen molar-refractivity contribution >= 4 is 27.9 Å². The molecule has 2 rings (SSSR count). The van der Waals surface area contributed by atoms with E-state index in [2.05, 4.69) is 66.1 Å². The molecule has 1 heterocycles. The largest absolute Gasteiger partial charge is 0.449 e. The summed E-state index contributed by atoms with van der Waals surface area (Å²) in [6.45, 7) is 8.93. The molecule has 0 bridgehead atoms. The number of hydrogen-bond donors (Lipinski definition) is 0. The van der Waals surface area contributed by atoms with E-state index >= 15 is 0 Å². The zero-order valence-corrected chi connectivity index (χ0v) is 15.1. The summed E-state index contributed by atoms with van der Waals surface area (Å²) < 4.78 is 6.57. The van der Waals surface area contributed by atoms with E-state index in [1.165, 1.54) is 5.19 Å². The molecule has 0 radical (unpaired) electrons. The van der Waals surface area contributed by atoms with Crippen molar-refractivity contribution in [2.75, 3.05) is 0 Å². The summed E-state index contributed by atoms with van der Waals surface area (Å²) in [7, 11) is -3.79. The molecule has 2 aromatic rings. The van der Waals surface area contributed by atoms with Crippen LogP contribution < -0.4 is 5.19 Å². The van der Waals surface area contributed by atoms with Crippen LogP contribution in [0.5, 0.6) is 0 Å². The first-order valence-corrected chi connectivity index (χ1v) is 13.0. The molecule has 0 saturated carbocycles. The van der Waals surface area contributed by atoms with Crippen LogP contribution in [0, 0.1) is 0 Å². The van der Waals surface area contributed by atoms with Crippen LogP contribution in [0.15, 0.2) is 54.5 Å². The van der Waals surface area contributed by atoms with Gasteiger partial charge in [-0.15, -0.1) is 0 Å². The molecule has 0 aliphatic heterocycles. The van der Waals surface area contributed by atoms with Crippen molar-refractivity contribution in [3.63, 3.8) is 0 Å². The zero-order valence-electron chi connectivity index (χ0n) is 13.1. The predicted octanol–water partition coefficient (Wildman–Crippen LogP) is 3.36. The Morgan fingerprint density at radius 2 is 1.52 bits per heavy atom. The maximum absolute atomic E-state index is 6.57. The molecule has 0 spiro atoms. The fourth-order valence-corrected chi connectivity index (χ4v) is 9.81. The van der Waals surface area contributed by atoms with Crippen LogP contribution in [0.3, 0.4) is 0 Å². The van der Waals surface area contributed by atoms with Crippen LogP contribution in [0.1, 0.15) is 5.82 Å². The van der Waals surface area contributed by atoms with Crippen molar-refractivity contribution in [3.8, 4) is 0 Å². The third-order valence-electron chi connectivity index (χ3n) is 3.21. The minimum atomic E-state index is -1.90. The second-order valence-corrected chi connectivity index (χ2v) is 14.0. The Labute approximate surface area is 129 Å². The van der Waals surface area contributed by atoms with Gasteiger partial charge in [-0.2, -0.15) is 0 Å². The summed E-state index contributed by atoms with van der Waals surface area (Å²) in [5.74, 6) is 0.737. The molecule has 0 N–H and O–H groups in total. The molecule has 5 heteroatoms. The number of rotatable bonds is 5. The van der Waals surface area contributed by atoms with Crippen LogP contribution >= 0.6 is 0 Å². The van der Waals surface area contributed by atoms with Gasteiger partial charge >= 0.3 is 0 Å². The minimum Gasteiger partial charge on any atom is -0.449 e. The molecule has 3 nitrogen and oxygen atoms in total. The van der Waals surface area contributed by atoms with Gasteiger partial charge < -0.3 is 4.12 Å². The molecule has 0 aliphatic rings. The van der Waals surface area contributed by atoms with Gasteiger partial charge in [-0.3, -0.25) is 0 Å². The third-order valence-corrected chi connectivity index (χ3v) is 10.0. The first-order valence-electron chi connectivity index (χ1n) is 7.11. The summed E-state index contributed by atoms with van der Waals surface area (Å²) in [6.07, 6.45) is 5.48. The zero-order chi connectivity index (χ0) is 15.3. The Balaban J connectivity index is 2.12. The lowest BCUT2D eigenvalue weighted by Gasteiger charge is -2.32. The fraction of sp³-hybridized carbons (Fsp3) is 0.250. The lowest BCUT2D eigenvalue weighted by molar-refractivity contribution is 0.572. The van der Waals surface area contributed by atoms with Gasteiger partial charge in [0, 0.05) is 12.4 Å². The van der Waals surface area contributed by atoms with Crippen molar-refractivity contribution in [3.05, 3.63) is 60.3 Å². The first-order chi connectivity index (χ1) is 9.89. The Bertz CT molecular complexity index is 598. The van der Waals surface area contributed by atoms with Gasteiger partial charge in [0.1, 0.15) is 0 Å². The highest BCUT2D eigenvalue weighted by Crippen LogP contribution is 2.16. The number of hydrogen-bond acceptors (Lipinski definition) is 3. The van der Waals surface area contributed by atoms with E-state index < -0.39 is 16.6 Å². The predicted molar refractivity (Wildman–Crippen MR) is 93.2 cm³/mol. The quantitative estimate of drug-likeness (QED) is 0.794. The van der Waals surface area contributed by atoms with Gasteiger partial charge in [0.25, 0.3) is 0 Å². The summed E-state index contributed by atoms with van der Waals surface area (Å²) in [4.78, 5) is 8.43. The molecule has 0 unspecified atom stereocenters. The van der Waals surface area contributed by atoms with Gasteiger partial charge in [0.2, 0.25) is 8.32 Å². The molecular formula is C16H22N2OSi2. The van der Waals surface area contributed by atoms with E-state index in [9.17, 15) is 0 Å². The Kier molecular flexibility index (Phi) is 4.87. The second kappa shape index (κ2) is 6.47. The molecule has 110 valence electrons. The van der Waals surface area contributed by atoms with E-state index in [4.69, 9.17) is 4.12 Å². The Morgan fingerprint density at radius 3 is 2.14 bits per heavy atom. The van der Waals surface area contributed by atoms with Crippen LogP contribution in [0.2, 0.25) is 26.2 Å². The molecule has 0 saturated heterocycles. The van der Waals surface area contributed by atoms with E-state index in [1.54, 1.807) is 12.4 Å². The SMILES string of the molecule is C[Si](C)(/C=C/c1ncccn1)O[Si](C)(C)c1ccccc1. The van der Waals surface area contributed by atoms with Crippen molar-refractivity contribution in [2.24, 2.45) is 0 Å². The third kappa shape index (κ3) is 4.73. The van der Waals surface area contributed by atoms with Crippen molar-refractivity contribution in [1.82, 2.24) is 9.97 Å². The molecular weight excluding hydrogens is 292 g/mol. The maximum Gasteiger partial charge on any atom is 0.206 e. The highest BCUT2D eigenvalue weighted by Gasteiger charge is 2.32. The number of nitrogens with zero attached hydrogens (tertiary/aromatic N) is 2. The molecule has 0 fully saturated rings.